The van der Waals surface area contributed by atoms with Crippen molar-refractivity contribution in [2.75, 3.05) is 31.1 Å². The van der Waals surface area contributed by atoms with Crippen LogP contribution in [0.25, 0.3) is 10.2 Å². The van der Waals surface area contributed by atoms with Gasteiger partial charge < -0.3 is 9.80 Å². The molecule has 0 radical (unpaired) electrons. The molecule has 3 heterocycles. The first kappa shape index (κ1) is 21.7. The molecule has 1 atom stereocenters. The van der Waals surface area contributed by atoms with Gasteiger partial charge >= 0.3 is 0 Å². The topological polar surface area (TPSA) is 49.3 Å². The fourth-order valence-corrected chi connectivity index (χ4v) is 6.33. The number of hydrogen-bond acceptors (Lipinski definition) is 5. The summed E-state index contributed by atoms with van der Waals surface area (Å²) in [6.45, 7) is 9.56. The number of thiophene rings is 1. The minimum absolute atomic E-state index is 0.0461. The maximum absolute atomic E-state index is 13.0. The molecule has 2 aromatic heterocycles. The van der Waals surface area contributed by atoms with Crippen LogP contribution in [-0.4, -0.2) is 47.0 Å². The molecule has 0 unspecified atom stereocenters. The van der Waals surface area contributed by atoms with E-state index in [1.165, 1.54) is 22.2 Å². The summed E-state index contributed by atoms with van der Waals surface area (Å²) in [6.07, 6.45) is 3.49. The van der Waals surface area contributed by atoms with Crippen LogP contribution >= 0.6 is 22.9 Å². The summed E-state index contributed by atoms with van der Waals surface area (Å²) >= 11 is 7.95. The largest absolute Gasteiger partial charge is 0.352 e. The van der Waals surface area contributed by atoms with E-state index in [0.717, 1.165) is 48.3 Å². The Morgan fingerprint density at radius 2 is 1.97 bits per heavy atom. The first-order chi connectivity index (χ1) is 15.4. The van der Waals surface area contributed by atoms with E-state index in [9.17, 15) is 4.79 Å². The lowest BCUT2D eigenvalue weighted by atomic mass is 9.89. The monoisotopic (exact) mass is 468 g/mol. The van der Waals surface area contributed by atoms with Crippen molar-refractivity contribution in [1.82, 2.24) is 14.9 Å². The number of anilines is 1. The second-order valence-corrected chi connectivity index (χ2v) is 10.9. The zero-order valence-electron chi connectivity index (χ0n) is 18.9. The van der Waals surface area contributed by atoms with Crippen LogP contribution in [0, 0.1) is 5.92 Å². The third kappa shape index (κ3) is 3.99. The Kier molecular flexibility index (Phi) is 5.84. The summed E-state index contributed by atoms with van der Waals surface area (Å²) < 4.78 is 0. The van der Waals surface area contributed by atoms with E-state index in [-0.39, 0.29) is 11.8 Å². The molecule has 0 saturated carbocycles. The molecule has 5 nitrogen and oxygen atoms in total. The normalized spacial score (nSPS) is 19.0. The molecule has 7 heteroatoms. The van der Waals surface area contributed by atoms with Crippen molar-refractivity contribution < 1.29 is 4.79 Å². The molecule has 2 aliphatic rings. The Morgan fingerprint density at radius 1 is 1.19 bits per heavy atom. The molecule has 0 spiro atoms. The first-order valence-electron chi connectivity index (χ1n) is 11.5. The number of amides is 1. The molecule has 1 amide bonds. The van der Waals surface area contributed by atoms with Gasteiger partial charge in [0.05, 0.1) is 5.39 Å². The second kappa shape index (κ2) is 8.64. The summed E-state index contributed by atoms with van der Waals surface area (Å²) in [5, 5.41) is 1.85. The third-order valence-corrected chi connectivity index (χ3v) is 7.99. The van der Waals surface area contributed by atoms with E-state index < -0.39 is 0 Å². The second-order valence-electron chi connectivity index (χ2n) is 9.38. The number of fused-ring (bicyclic) bond motifs is 3. The molecular formula is C25H29ClN4OS. The van der Waals surface area contributed by atoms with E-state index in [0.29, 0.717) is 23.7 Å². The number of benzene rings is 1. The molecule has 1 saturated heterocycles. The maximum atomic E-state index is 13.0. The smallest absolute Gasteiger partial charge is 0.254 e. The summed E-state index contributed by atoms with van der Waals surface area (Å²) in [4.78, 5) is 29.9. The molecule has 0 N–H and O–H groups in total. The van der Waals surface area contributed by atoms with Gasteiger partial charge in [0, 0.05) is 47.6 Å². The van der Waals surface area contributed by atoms with Crippen molar-refractivity contribution in [1.29, 1.82) is 0 Å². The van der Waals surface area contributed by atoms with Gasteiger partial charge in [0.15, 0.2) is 0 Å². The Bertz CT molecular complexity index is 1170. The van der Waals surface area contributed by atoms with Gasteiger partial charge in [-0.25, -0.2) is 9.97 Å². The van der Waals surface area contributed by atoms with Crippen molar-refractivity contribution in [2.24, 2.45) is 5.92 Å². The van der Waals surface area contributed by atoms with Crippen molar-refractivity contribution in [2.45, 2.75) is 46.0 Å². The molecule has 5 rings (SSSR count). The molecule has 1 aliphatic carbocycles. The van der Waals surface area contributed by atoms with E-state index in [4.69, 9.17) is 21.6 Å². The quantitative estimate of drug-likeness (QED) is 0.505. The van der Waals surface area contributed by atoms with Crippen LogP contribution in [0.3, 0.4) is 0 Å². The molecule has 168 valence electrons. The fourth-order valence-electron chi connectivity index (χ4n) is 4.75. The van der Waals surface area contributed by atoms with Gasteiger partial charge in [-0.05, 0) is 48.9 Å². The van der Waals surface area contributed by atoms with Crippen molar-refractivity contribution in [3.8, 4) is 0 Å². The standard InChI is InChI=1S/C25H29ClN4OS/c1-15(2)22-27-23(21-19-8-7-16(3)13-20(19)32-24(21)28-22)29-9-11-30(12-10-29)25(31)17-5-4-6-18(26)14-17/h4-6,14-16H,7-13H2,1-3H3/t16-/m0/s1. The van der Waals surface area contributed by atoms with Gasteiger partial charge in [-0.1, -0.05) is 38.4 Å². The van der Waals surface area contributed by atoms with Crippen LogP contribution < -0.4 is 4.90 Å². The van der Waals surface area contributed by atoms with Gasteiger partial charge in [-0.15, -0.1) is 11.3 Å². The zero-order valence-corrected chi connectivity index (χ0v) is 20.5. The highest BCUT2D eigenvalue weighted by atomic mass is 35.5. The average Bonchev–Trinajstić information content (AvgIpc) is 3.15. The fraction of sp³-hybridized carbons (Fsp3) is 0.480. The van der Waals surface area contributed by atoms with Gasteiger partial charge in [-0.2, -0.15) is 0 Å². The van der Waals surface area contributed by atoms with Gasteiger partial charge in [0.2, 0.25) is 0 Å². The maximum Gasteiger partial charge on any atom is 0.254 e. The van der Waals surface area contributed by atoms with E-state index >= 15 is 0 Å². The Labute approximate surface area is 198 Å². The molecule has 1 fully saturated rings. The average molecular weight is 469 g/mol. The first-order valence-corrected chi connectivity index (χ1v) is 12.7. The minimum Gasteiger partial charge on any atom is -0.352 e. The number of halogens is 1. The summed E-state index contributed by atoms with van der Waals surface area (Å²) in [5.74, 6) is 3.04. The van der Waals surface area contributed by atoms with Gasteiger partial charge in [0.1, 0.15) is 16.5 Å². The molecule has 1 aliphatic heterocycles. The highest BCUT2D eigenvalue weighted by Gasteiger charge is 2.29. The summed E-state index contributed by atoms with van der Waals surface area (Å²) in [5.41, 5.74) is 2.12. The number of aryl methyl sites for hydroxylation is 1. The zero-order chi connectivity index (χ0) is 22.4. The number of carbonyl (C=O) groups excluding carboxylic acids is 1. The predicted molar refractivity (Wildman–Crippen MR) is 132 cm³/mol. The number of carbonyl (C=O) groups is 1. The van der Waals surface area contributed by atoms with E-state index in [1.54, 1.807) is 12.1 Å². The highest BCUT2D eigenvalue weighted by Crippen LogP contribution is 2.41. The van der Waals surface area contributed by atoms with Crippen molar-refractivity contribution in [3.05, 3.63) is 51.1 Å². The SMILES string of the molecule is CC(C)c1nc(N2CCN(C(=O)c3cccc(Cl)c3)CC2)c2c3c(sc2n1)C[C@@H](C)CC3. The lowest BCUT2D eigenvalue weighted by molar-refractivity contribution is 0.0746. The van der Waals surface area contributed by atoms with Gasteiger partial charge in [0.25, 0.3) is 5.91 Å². The van der Waals surface area contributed by atoms with Crippen LogP contribution in [0.4, 0.5) is 5.82 Å². The van der Waals surface area contributed by atoms with Crippen LogP contribution in [0.15, 0.2) is 24.3 Å². The van der Waals surface area contributed by atoms with Gasteiger partial charge in [-0.3, -0.25) is 4.79 Å². The molecule has 0 bridgehead atoms. The molecule has 1 aromatic carbocycles. The lowest BCUT2D eigenvalue weighted by Gasteiger charge is -2.36. The van der Waals surface area contributed by atoms with Crippen molar-refractivity contribution >= 4 is 44.9 Å². The Hall–Kier alpha value is -2.18. The Balaban J connectivity index is 1.44. The summed E-state index contributed by atoms with van der Waals surface area (Å²) in [7, 11) is 0. The lowest BCUT2D eigenvalue weighted by Crippen LogP contribution is -2.49. The minimum atomic E-state index is 0.0461. The number of hydrogen-bond donors (Lipinski definition) is 0. The van der Waals surface area contributed by atoms with E-state index in [2.05, 4.69) is 25.7 Å². The van der Waals surface area contributed by atoms with Crippen molar-refractivity contribution in [3.63, 3.8) is 0 Å². The van der Waals surface area contributed by atoms with Crippen LogP contribution in [0.2, 0.25) is 5.02 Å². The summed E-state index contributed by atoms with van der Waals surface area (Å²) in [6, 6.07) is 7.21. The van der Waals surface area contributed by atoms with Crippen LogP contribution in [0.1, 0.15) is 59.7 Å². The van der Waals surface area contributed by atoms with Crippen LogP contribution in [0.5, 0.6) is 0 Å². The predicted octanol–water partition coefficient (Wildman–Crippen LogP) is 5.56. The number of rotatable bonds is 3. The number of piperazine rings is 1. The number of aromatic nitrogens is 2. The van der Waals surface area contributed by atoms with Crippen LogP contribution in [-0.2, 0) is 12.8 Å². The van der Waals surface area contributed by atoms with E-state index in [1.807, 2.05) is 28.4 Å². The highest BCUT2D eigenvalue weighted by molar-refractivity contribution is 7.19. The Morgan fingerprint density at radius 3 is 2.69 bits per heavy atom. The molecule has 32 heavy (non-hydrogen) atoms. The number of nitrogens with zero attached hydrogens (tertiary/aromatic N) is 4. The third-order valence-electron chi connectivity index (χ3n) is 6.61. The molecular weight excluding hydrogens is 440 g/mol. The molecule has 3 aromatic rings.